The highest BCUT2D eigenvalue weighted by Gasteiger charge is 2.29. The van der Waals surface area contributed by atoms with Gasteiger partial charge in [-0.3, -0.25) is 0 Å². The molecule has 2 nitrogen and oxygen atoms in total. The molecule has 1 aromatic carbocycles. The van der Waals surface area contributed by atoms with Crippen LogP contribution in [-0.4, -0.2) is 30.6 Å². The summed E-state index contributed by atoms with van der Waals surface area (Å²) in [5, 5.41) is 3.61. The third-order valence-corrected chi connectivity index (χ3v) is 4.45. The van der Waals surface area contributed by atoms with Gasteiger partial charge in [0.1, 0.15) is 5.82 Å². The summed E-state index contributed by atoms with van der Waals surface area (Å²) in [5.41, 5.74) is 0.765. The third-order valence-electron chi connectivity index (χ3n) is 4.45. The fraction of sp³-hybridized carbons (Fsp3) is 0.625. The van der Waals surface area contributed by atoms with E-state index in [4.69, 9.17) is 0 Å². The standard InChI is InChI=1S/C16H25FN2/c1-11-10-19(4)12(2)9-16(11)18-13(3)14-7-5-6-8-15(14)17/h5-8,11-13,16,18H,9-10H2,1-4H3. The van der Waals surface area contributed by atoms with E-state index in [1.807, 2.05) is 19.1 Å². The van der Waals surface area contributed by atoms with Gasteiger partial charge in [-0.15, -0.1) is 0 Å². The molecule has 0 bridgehead atoms. The van der Waals surface area contributed by atoms with Gasteiger partial charge in [0.05, 0.1) is 0 Å². The molecule has 3 heteroatoms. The summed E-state index contributed by atoms with van der Waals surface area (Å²) in [7, 11) is 2.18. The molecule has 1 N–H and O–H groups in total. The normalized spacial score (nSPS) is 30.3. The van der Waals surface area contributed by atoms with E-state index in [1.165, 1.54) is 6.07 Å². The Morgan fingerprint density at radius 2 is 2.00 bits per heavy atom. The number of hydrogen-bond donors (Lipinski definition) is 1. The summed E-state index contributed by atoms with van der Waals surface area (Å²) in [6.07, 6.45) is 1.12. The van der Waals surface area contributed by atoms with Crippen LogP contribution in [0.1, 0.15) is 38.8 Å². The monoisotopic (exact) mass is 264 g/mol. The van der Waals surface area contributed by atoms with Crippen molar-refractivity contribution in [3.05, 3.63) is 35.6 Å². The molecule has 0 aliphatic carbocycles. The molecule has 1 aliphatic rings. The molecule has 0 amide bonds. The van der Waals surface area contributed by atoms with Crippen LogP contribution in [0, 0.1) is 11.7 Å². The Morgan fingerprint density at radius 1 is 1.32 bits per heavy atom. The van der Waals surface area contributed by atoms with Gasteiger partial charge < -0.3 is 10.2 Å². The number of nitrogens with zero attached hydrogens (tertiary/aromatic N) is 1. The number of likely N-dealkylation sites (tertiary alicyclic amines) is 1. The Bertz CT molecular complexity index is 421. The van der Waals surface area contributed by atoms with E-state index in [2.05, 4.69) is 31.1 Å². The Labute approximate surface area is 116 Å². The molecular formula is C16H25FN2. The van der Waals surface area contributed by atoms with E-state index < -0.39 is 0 Å². The minimum atomic E-state index is -0.115. The van der Waals surface area contributed by atoms with Crippen LogP contribution >= 0.6 is 0 Å². The van der Waals surface area contributed by atoms with Crippen molar-refractivity contribution in [3.63, 3.8) is 0 Å². The molecule has 1 aliphatic heterocycles. The molecule has 1 saturated heterocycles. The van der Waals surface area contributed by atoms with Gasteiger partial charge in [-0.25, -0.2) is 4.39 Å². The van der Waals surface area contributed by atoms with Gasteiger partial charge >= 0.3 is 0 Å². The van der Waals surface area contributed by atoms with E-state index in [1.54, 1.807) is 6.07 Å². The number of nitrogens with one attached hydrogen (secondary N) is 1. The Hall–Kier alpha value is -0.930. The number of benzene rings is 1. The number of piperidine rings is 1. The molecule has 106 valence electrons. The van der Waals surface area contributed by atoms with E-state index in [0.717, 1.165) is 18.5 Å². The fourth-order valence-electron chi connectivity index (χ4n) is 3.01. The van der Waals surface area contributed by atoms with Crippen LogP contribution < -0.4 is 5.32 Å². The number of rotatable bonds is 3. The van der Waals surface area contributed by atoms with Crippen LogP contribution in [0.25, 0.3) is 0 Å². The molecule has 0 radical (unpaired) electrons. The number of halogens is 1. The topological polar surface area (TPSA) is 15.3 Å². The highest BCUT2D eigenvalue weighted by atomic mass is 19.1. The maximum absolute atomic E-state index is 13.8. The third kappa shape index (κ3) is 3.34. The van der Waals surface area contributed by atoms with Crippen molar-refractivity contribution in [1.29, 1.82) is 0 Å². The van der Waals surface area contributed by atoms with Gasteiger partial charge in [-0.05, 0) is 39.3 Å². The second kappa shape index (κ2) is 6.02. The molecule has 4 atom stereocenters. The van der Waals surface area contributed by atoms with Gasteiger partial charge in [0.2, 0.25) is 0 Å². The average Bonchev–Trinajstić information content (AvgIpc) is 2.36. The maximum Gasteiger partial charge on any atom is 0.127 e. The van der Waals surface area contributed by atoms with E-state index in [9.17, 15) is 4.39 Å². The van der Waals surface area contributed by atoms with Crippen molar-refractivity contribution < 1.29 is 4.39 Å². The Balaban J connectivity index is 2.03. The largest absolute Gasteiger partial charge is 0.307 e. The zero-order valence-corrected chi connectivity index (χ0v) is 12.4. The van der Waals surface area contributed by atoms with Crippen LogP contribution in [0.15, 0.2) is 24.3 Å². The first-order chi connectivity index (χ1) is 8.99. The summed E-state index contributed by atoms with van der Waals surface area (Å²) in [4.78, 5) is 2.40. The number of hydrogen-bond acceptors (Lipinski definition) is 2. The molecule has 1 heterocycles. The molecule has 1 fully saturated rings. The van der Waals surface area contributed by atoms with E-state index in [0.29, 0.717) is 18.0 Å². The minimum Gasteiger partial charge on any atom is -0.307 e. The van der Waals surface area contributed by atoms with Crippen LogP contribution in [0.2, 0.25) is 0 Å². The zero-order chi connectivity index (χ0) is 14.0. The van der Waals surface area contributed by atoms with E-state index in [-0.39, 0.29) is 11.9 Å². The summed E-state index contributed by atoms with van der Waals surface area (Å²) in [5.74, 6) is 0.478. The first-order valence-corrected chi connectivity index (χ1v) is 7.19. The molecule has 2 rings (SSSR count). The summed E-state index contributed by atoms with van der Waals surface area (Å²) in [6.45, 7) is 7.68. The highest BCUT2D eigenvalue weighted by Crippen LogP contribution is 2.24. The Morgan fingerprint density at radius 3 is 2.68 bits per heavy atom. The fourth-order valence-corrected chi connectivity index (χ4v) is 3.01. The molecule has 0 aromatic heterocycles. The van der Waals surface area contributed by atoms with Crippen molar-refractivity contribution in [2.45, 2.75) is 45.3 Å². The van der Waals surface area contributed by atoms with E-state index >= 15 is 0 Å². The van der Waals surface area contributed by atoms with Gasteiger partial charge in [-0.2, -0.15) is 0 Å². The van der Waals surface area contributed by atoms with Crippen LogP contribution in [0.5, 0.6) is 0 Å². The lowest BCUT2D eigenvalue weighted by atomic mass is 9.89. The molecule has 0 spiro atoms. The maximum atomic E-state index is 13.8. The van der Waals surface area contributed by atoms with Crippen LogP contribution in [0.3, 0.4) is 0 Å². The minimum absolute atomic E-state index is 0.0595. The predicted octanol–water partition coefficient (Wildman–Crippen LogP) is 3.21. The van der Waals surface area contributed by atoms with Crippen LogP contribution in [-0.2, 0) is 0 Å². The molecule has 4 unspecified atom stereocenters. The van der Waals surface area contributed by atoms with Crippen molar-refractivity contribution in [3.8, 4) is 0 Å². The van der Waals surface area contributed by atoms with Crippen molar-refractivity contribution in [1.82, 2.24) is 10.2 Å². The Kier molecular flexibility index (Phi) is 4.58. The SMILES string of the molecule is CC(NC1CC(C)N(C)CC1C)c1ccccc1F. The molecule has 19 heavy (non-hydrogen) atoms. The van der Waals surface area contributed by atoms with Crippen molar-refractivity contribution in [2.75, 3.05) is 13.6 Å². The quantitative estimate of drug-likeness (QED) is 0.902. The first kappa shape index (κ1) is 14.5. The summed E-state index contributed by atoms with van der Waals surface area (Å²) < 4.78 is 13.8. The molecule has 0 saturated carbocycles. The van der Waals surface area contributed by atoms with Crippen molar-refractivity contribution >= 4 is 0 Å². The summed E-state index contributed by atoms with van der Waals surface area (Å²) in [6, 6.07) is 8.15. The molecule has 1 aromatic rings. The lowest BCUT2D eigenvalue weighted by molar-refractivity contribution is 0.116. The second-order valence-corrected chi connectivity index (χ2v) is 6.02. The molecular weight excluding hydrogens is 239 g/mol. The van der Waals surface area contributed by atoms with Crippen LogP contribution in [0.4, 0.5) is 4.39 Å². The van der Waals surface area contributed by atoms with Crippen molar-refractivity contribution in [2.24, 2.45) is 5.92 Å². The zero-order valence-electron chi connectivity index (χ0n) is 12.4. The first-order valence-electron chi connectivity index (χ1n) is 7.19. The lowest BCUT2D eigenvalue weighted by Crippen LogP contribution is -2.51. The second-order valence-electron chi connectivity index (χ2n) is 6.02. The van der Waals surface area contributed by atoms with Gasteiger partial charge in [0.15, 0.2) is 0 Å². The van der Waals surface area contributed by atoms with Gasteiger partial charge in [-0.1, -0.05) is 25.1 Å². The highest BCUT2D eigenvalue weighted by molar-refractivity contribution is 5.20. The smallest absolute Gasteiger partial charge is 0.127 e. The average molecular weight is 264 g/mol. The predicted molar refractivity (Wildman–Crippen MR) is 77.6 cm³/mol. The van der Waals surface area contributed by atoms with Gasteiger partial charge in [0, 0.05) is 30.2 Å². The summed E-state index contributed by atoms with van der Waals surface area (Å²) >= 11 is 0. The van der Waals surface area contributed by atoms with Gasteiger partial charge in [0.25, 0.3) is 0 Å². The lowest BCUT2D eigenvalue weighted by Gasteiger charge is -2.41.